The van der Waals surface area contributed by atoms with Gasteiger partial charge in [-0.3, -0.25) is 0 Å². The average molecular weight is 584 g/mol. The zero-order valence-electron chi connectivity index (χ0n) is 19.5. The van der Waals surface area contributed by atoms with Crippen LogP contribution in [0.5, 0.6) is 0 Å². The van der Waals surface area contributed by atoms with Crippen LogP contribution < -0.4 is 31.9 Å². The minimum atomic E-state index is -1.42. The van der Waals surface area contributed by atoms with Gasteiger partial charge in [0.1, 0.15) is 0 Å². The molecule has 0 saturated carbocycles. The van der Waals surface area contributed by atoms with Crippen molar-refractivity contribution in [2.75, 3.05) is 18.0 Å². The van der Waals surface area contributed by atoms with Gasteiger partial charge in [-0.2, -0.15) is 0 Å². The molecule has 0 aliphatic carbocycles. The van der Waals surface area contributed by atoms with E-state index >= 15 is 0 Å². The molecule has 0 atom stereocenters. The molecule has 10 heteroatoms. The van der Waals surface area contributed by atoms with Crippen LogP contribution in [0.25, 0.3) is 22.0 Å². The van der Waals surface area contributed by atoms with Crippen LogP contribution in [0.4, 0.5) is 5.69 Å². The maximum absolute atomic E-state index is 13.1. The Hall–Kier alpha value is -3.46. The van der Waals surface area contributed by atoms with Crippen molar-refractivity contribution in [3.05, 3.63) is 77.0 Å². The Kier molecular flexibility index (Phi) is 5.96. The third kappa shape index (κ3) is 4.14. The molecule has 0 radical (unpaired) electrons. The molecule has 1 aliphatic rings. The van der Waals surface area contributed by atoms with Gasteiger partial charge in [-0.05, 0) is 24.6 Å². The number of nitrogens with zero attached hydrogens (tertiary/aromatic N) is 5. The zero-order chi connectivity index (χ0) is 24.9. The van der Waals surface area contributed by atoms with E-state index in [-0.39, 0.29) is 20.2 Å². The van der Waals surface area contributed by atoms with E-state index < -0.39 is 21.5 Å². The van der Waals surface area contributed by atoms with Gasteiger partial charge in [0.05, 0.1) is 0 Å². The molecule has 1 aliphatic heterocycles. The van der Waals surface area contributed by atoms with Gasteiger partial charge in [-0.25, -0.2) is 0 Å². The monoisotopic (exact) mass is 584 g/mol. The van der Waals surface area contributed by atoms with E-state index in [1.165, 1.54) is 4.57 Å². The molecule has 180 valence electrons. The summed E-state index contributed by atoms with van der Waals surface area (Å²) in [6, 6.07) is 11.7. The molecule has 5 rings (SSSR count). The van der Waals surface area contributed by atoms with Gasteiger partial charge in [0, 0.05) is 0 Å². The molecule has 0 amide bonds. The standard InChI is InChI=1S/C25H23IN5O4/c1-14-4-5-22-20(10-14)28-24(35-22)16-6-8-30(9-7-16)23-17-11-15(2)19(26-31(33)34)12-21(17)29(3)25(32)18(23)13-27/h4-5,10-12,16H,6-9H2,1-3H3/q-1. The molecule has 0 N–H and O–H groups in total. The molecular formula is C25H23IN5O4-. The zero-order valence-corrected chi connectivity index (χ0v) is 21.7. The Morgan fingerprint density at radius 3 is 2.66 bits per heavy atom. The van der Waals surface area contributed by atoms with E-state index in [0.29, 0.717) is 27.9 Å². The van der Waals surface area contributed by atoms with Crippen LogP contribution in [0.15, 0.2) is 39.5 Å². The minimum Gasteiger partial charge on any atom is -0.0295 e. The van der Waals surface area contributed by atoms with E-state index in [4.69, 9.17) is 9.40 Å². The van der Waals surface area contributed by atoms with E-state index in [1.807, 2.05) is 38.1 Å². The number of anilines is 1. The maximum atomic E-state index is 13.1. The fourth-order valence-corrected chi connectivity index (χ4v) is 6.22. The van der Waals surface area contributed by atoms with E-state index in [2.05, 4.69) is 11.0 Å². The fraction of sp³-hybridized carbons (Fsp3) is 0.320. The number of halogens is 1. The number of hydrogen-bond acceptors (Lipinski definition) is 7. The summed E-state index contributed by atoms with van der Waals surface area (Å²) in [7, 11) is 1.61. The normalized spacial score (nSPS) is 14.6. The number of aromatic nitrogens is 2. The number of rotatable bonds is 4. The molecule has 0 bridgehead atoms. The van der Waals surface area contributed by atoms with Crippen molar-refractivity contribution in [2.45, 2.75) is 32.6 Å². The van der Waals surface area contributed by atoms with Crippen LogP contribution in [0, 0.1) is 38.9 Å². The van der Waals surface area contributed by atoms with Gasteiger partial charge < -0.3 is 0 Å². The molecule has 0 unspecified atom stereocenters. The molecule has 3 heterocycles. The Bertz CT molecular complexity index is 1590. The third-order valence-corrected chi connectivity index (χ3v) is 8.72. The summed E-state index contributed by atoms with van der Waals surface area (Å²) >= 11 is -1.42. The average Bonchev–Trinajstić information content (AvgIpc) is 3.25. The van der Waals surface area contributed by atoms with E-state index in [0.717, 1.165) is 46.3 Å². The van der Waals surface area contributed by atoms with Crippen LogP contribution in [0.2, 0.25) is 0 Å². The van der Waals surface area contributed by atoms with Crippen LogP contribution in [0.3, 0.4) is 0 Å². The van der Waals surface area contributed by atoms with E-state index in [1.54, 1.807) is 13.1 Å². The Morgan fingerprint density at radius 1 is 1.23 bits per heavy atom. The van der Waals surface area contributed by atoms with Crippen molar-refractivity contribution >= 4 is 27.7 Å². The first kappa shape index (κ1) is 23.3. The quantitative estimate of drug-likeness (QED) is 0.152. The molecular weight excluding hydrogens is 561 g/mol. The molecule has 2 aromatic carbocycles. The molecule has 1 fully saturated rings. The van der Waals surface area contributed by atoms with Crippen molar-refractivity contribution < 1.29 is 29.0 Å². The van der Waals surface area contributed by atoms with Crippen LogP contribution in [0.1, 0.15) is 41.3 Å². The molecule has 1 saturated heterocycles. The Labute approximate surface area is 211 Å². The van der Waals surface area contributed by atoms with Gasteiger partial charge in [0.2, 0.25) is 0 Å². The summed E-state index contributed by atoms with van der Waals surface area (Å²) in [4.78, 5) is 31.0. The SMILES string of the molecule is Cc1ccc2oc(C3CCN(c4c(C#N)c(=O)n(C)c5cc([I-][N+](=O)[O-])c(C)cc45)CC3)nc2c1. The second kappa shape index (κ2) is 8.96. The molecule has 0 spiro atoms. The van der Waals surface area contributed by atoms with Crippen LogP contribution in [-0.2, 0) is 7.05 Å². The predicted molar refractivity (Wildman–Crippen MR) is 127 cm³/mol. The first-order valence-electron chi connectivity index (χ1n) is 11.3. The molecule has 9 nitrogen and oxygen atoms in total. The van der Waals surface area contributed by atoms with Crippen molar-refractivity contribution in [2.24, 2.45) is 7.05 Å². The molecule has 4 aromatic rings. The van der Waals surface area contributed by atoms with Crippen molar-refractivity contribution in [3.8, 4) is 6.07 Å². The predicted octanol–water partition coefficient (Wildman–Crippen LogP) is 1.00. The number of oxazole rings is 1. The first-order valence-corrected chi connectivity index (χ1v) is 13.3. The number of pyridine rings is 1. The molecule has 35 heavy (non-hydrogen) atoms. The second-order valence-corrected chi connectivity index (χ2v) is 11.3. The smallest absolute Gasteiger partial charge is 0.0295 e. The summed E-state index contributed by atoms with van der Waals surface area (Å²) < 4.78 is 7.85. The number of piperidine rings is 1. The summed E-state index contributed by atoms with van der Waals surface area (Å²) in [6.45, 7) is 5.15. The van der Waals surface area contributed by atoms with Crippen LogP contribution >= 0.6 is 0 Å². The fourth-order valence-electron chi connectivity index (χ4n) is 4.83. The van der Waals surface area contributed by atoms with Gasteiger partial charge in [0.25, 0.3) is 0 Å². The van der Waals surface area contributed by atoms with Gasteiger partial charge in [0.15, 0.2) is 0 Å². The number of fused-ring (bicyclic) bond motifs is 2. The number of benzene rings is 2. The van der Waals surface area contributed by atoms with Gasteiger partial charge in [-0.1, -0.05) is 6.07 Å². The van der Waals surface area contributed by atoms with Crippen molar-refractivity contribution in [3.63, 3.8) is 0 Å². The Balaban J connectivity index is 1.52. The van der Waals surface area contributed by atoms with E-state index in [9.17, 15) is 20.2 Å². The summed E-state index contributed by atoms with van der Waals surface area (Å²) in [5.74, 6) is 0.879. The number of hydrogen-bond donors (Lipinski definition) is 0. The number of nitro groups is 1. The number of aryl methyl sites for hydroxylation is 3. The minimum absolute atomic E-state index is 0.104. The molecule has 2 aromatic heterocycles. The topological polar surface area (TPSA) is 118 Å². The summed E-state index contributed by atoms with van der Waals surface area (Å²) in [6.07, 6.45) is 1.55. The van der Waals surface area contributed by atoms with Crippen molar-refractivity contribution in [1.82, 2.24) is 9.55 Å². The first-order chi connectivity index (χ1) is 16.8. The summed E-state index contributed by atoms with van der Waals surface area (Å²) in [5, 5.41) is 21.8. The van der Waals surface area contributed by atoms with Gasteiger partial charge >= 0.3 is 182 Å². The van der Waals surface area contributed by atoms with Crippen LogP contribution in [-0.4, -0.2) is 25.8 Å². The van der Waals surface area contributed by atoms with Crippen molar-refractivity contribution in [1.29, 1.82) is 5.26 Å². The second-order valence-electron chi connectivity index (χ2n) is 8.90. The van der Waals surface area contributed by atoms with Gasteiger partial charge in [-0.15, -0.1) is 0 Å². The number of nitriles is 1. The third-order valence-electron chi connectivity index (χ3n) is 6.64. The summed E-state index contributed by atoms with van der Waals surface area (Å²) in [5.41, 5.74) is 4.52. The Morgan fingerprint density at radius 2 is 1.97 bits per heavy atom.